The molecular weight excluding hydrogens is 733 g/mol. The number of ether oxygens (including phenoxy) is 1. The first-order chi connectivity index (χ1) is 30.0. The maximum atomic E-state index is 9.02. The topological polar surface area (TPSA) is 35.2 Å². The van der Waals surface area contributed by atoms with E-state index in [4.69, 9.17) is 12.5 Å². The van der Waals surface area contributed by atoms with Crippen LogP contribution in [0.2, 0.25) is 0 Å². The second-order valence-corrected chi connectivity index (χ2v) is 17.1. The van der Waals surface area contributed by atoms with Gasteiger partial charge >= 0.3 is 0 Å². The summed E-state index contributed by atoms with van der Waals surface area (Å²) in [5.41, 5.74) is 8.97. The molecule has 4 heterocycles. The summed E-state index contributed by atoms with van der Waals surface area (Å²) < 4.78 is 29.4. The normalized spacial score (nSPS) is 13.4. The van der Waals surface area contributed by atoms with Gasteiger partial charge in [0, 0.05) is 48.3 Å². The van der Waals surface area contributed by atoms with Gasteiger partial charge in [-0.2, -0.15) is 0 Å². The van der Waals surface area contributed by atoms with Gasteiger partial charge in [-0.1, -0.05) is 123 Å². The molecule has 292 valence electrons. The van der Waals surface area contributed by atoms with Crippen LogP contribution < -0.4 is 9.64 Å². The summed E-state index contributed by atoms with van der Waals surface area (Å²) in [6, 6.07) is 55.7. The highest BCUT2D eigenvalue weighted by atomic mass is 16.5. The Hall–Kier alpha value is -7.11. The molecule has 0 bridgehead atoms. The van der Waals surface area contributed by atoms with Gasteiger partial charge in [0.15, 0.2) is 0 Å². The number of anilines is 2. The standard InChI is InChI=1S/C55H46N4O/c1-35-23-25-43-41-16-6-7-17-42(41)46-20-12-22-50-54(46)58(53-36(2)13-10-19-47(53)48(43)29-35)34-57(50)38-14-11-15-39(31-38)60-40-24-26-45-44-18-8-9-21-49(44)59(51(45)32-40)52-30-37(27-28-56-52)33-55(3,4)5/h6-32H,33-34H2,1-5H3/i33D2. The van der Waals surface area contributed by atoms with Gasteiger partial charge < -0.3 is 14.2 Å². The molecule has 0 unspecified atom stereocenters. The molecule has 0 saturated carbocycles. The van der Waals surface area contributed by atoms with Crippen LogP contribution in [0.3, 0.4) is 0 Å². The first-order valence-electron chi connectivity index (χ1n) is 21.7. The molecule has 0 aliphatic carbocycles. The van der Waals surface area contributed by atoms with E-state index in [1.807, 2.05) is 45.0 Å². The lowest BCUT2D eigenvalue weighted by Crippen LogP contribution is -2.14. The third-order valence-corrected chi connectivity index (χ3v) is 11.8. The predicted molar refractivity (Wildman–Crippen MR) is 252 cm³/mol. The number of hydrogen-bond donors (Lipinski definition) is 0. The van der Waals surface area contributed by atoms with Crippen LogP contribution >= 0.6 is 0 Å². The van der Waals surface area contributed by atoms with Gasteiger partial charge in [0.2, 0.25) is 0 Å². The van der Waals surface area contributed by atoms with Gasteiger partial charge in [0.05, 0.1) is 27.8 Å². The summed E-state index contributed by atoms with van der Waals surface area (Å²) in [7, 11) is 0. The SMILES string of the molecule is [2H]C([2H])(c1ccnc(-n2c3ccccc3c3ccc(Oc4cccc(N5Cn6c7c(C)cccc7c7cc(C)ccc7c7ccccc7c7cccc5c76)c4)cc32)c1)C(C)(C)C. The number of aromatic nitrogens is 3. The van der Waals surface area contributed by atoms with Crippen LogP contribution in [0.1, 0.15) is 40.2 Å². The maximum Gasteiger partial charge on any atom is 0.137 e. The maximum absolute atomic E-state index is 9.02. The third-order valence-electron chi connectivity index (χ3n) is 11.8. The minimum absolute atomic E-state index is 0.597. The minimum atomic E-state index is -1.57. The molecule has 10 aromatic rings. The molecule has 1 aliphatic rings. The highest BCUT2D eigenvalue weighted by Crippen LogP contribution is 2.44. The second kappa shape index (κ2) is 13.7. The van der Waals surface area contributed by atoms with Gasteiger partial charge in [-0.3, -0.25) is 4.57 Å². The van der Waals surface area contributed by atoms with Crippen molar-refractivity contribution in [3.8, 4) is 17.3 Å². The Labute approximate surface area is 352 Å². The number of fused-ring (bicyclic) bond motifs is 10. The van der Waals surface area contributed by atoms with Gasteiger partial charge in [-0.15, -0.1) is 0 Å². The van der Waals surface area contributed by atoms with E-state index in [0.717, 1.165) is 38.9 Å². The minimum Gasteiger partial charge on any atom is -0.457 e. The van der Waals surface area contributed by atoms with Crippen molar-refractivity contribution in [2.45, 2.75) is 47.7 Å². The van der Waals surface area contributed by atoms with E-state index >= 15 is 0 Å². The molecular formula is C55H46N4O. The molecule has 0 radical (unpaired) electrons. The van der Waals surface area contributed by atoms with Gasteiger partial charge in [-0.05, 0) is 107 Å². The van der Waals surface area contributed by atoms with Crippen molar-refractivity contribution in [3.63, 3.8) is 0 Å². The van der Waals surface area contributed by atoms with Gasteiger partial charge in [0.1, 0.15) is 24.0 Å². The number of aryl methyl sites for hydroxylation is 2. The molecule has 0 saturated heterocycles. The number of benzene rings is 7. The fourth-order valence-corrected chi connectivity index (χ4v) is 9.41. The zero-order valence-corrected chi connectivity index (χ0v) is 34.5. The monoisotopic (exact) mass is 780 g/mol. The first kappa shape index (κ1) is 33.8. The number of hydrogen-bond acceptors (Lipinski definition) is 3. The van der Waals surface area contributed by atoms with E-state index in [1.54, 1.807) is 12.3 Å². The van der Waals surface area contributed by atoms with Crippen molar-refractivity contribution in [1.82, 2.24) is 14.1 Å². The van der Waals surface area contributed by atoms with Crippen molar-refractivity contribution in [1.29, 1.82) is 0 Å². The largest absolute Gasteiger partial charge is 0.457 e. The quantitative estimate of drug-likeness (QED) is 0.174. The van der Waals surface area contributed by atoms with Crippen molar-refractivity contribution in [3.05, 3.63) is 181 Å². The van der Waals surface area contributed by atoms with Gasteiger partial charge in [-0.25, -0.2) is 4.98 Å². The molecule has 0 amide bonds. The first-order valence-corrected chi connectivity index (χ1v) is 20.7. The fourth-order valence-electron chi connectivity index (χ4n) is 9.41. The Morgan fingerprint density at radius 3 is 2.08 bits per heavy atom. The third kappa shape index (κ3) is 5.95. The molecule has 1 aliphatic heterocycles. The molecule has 60 heavy (non-hydrogen) atoms. The van der Waals surface area contributed by atoms with Crippen molar-refractivity contribution in [2.24, 2.45) is 5.41 Å². The van der Waals surface area contributed by atoms with Crippen molar-refractivity contribution < 1.29 is 7.48 Å². The number of nitrogens with zero attached hydrogens (tertiary/aromatic N) is 4. The van der Waals surface area contributed by atoms with E-state index in [0.29, 0.717) is 23.8 Å². The Balaban J connectivity index is 1.05. The lowest BCUT2D eigenvalue weighted by Gasteiger charge is -2.21. The van der Waals surface area contributed by atoms with Crippen LogP contribution in [-0.2, 0) is 13.0 Å². The van der Waals surface area contributed by atoms with Gasteiger partial charge in [0.25, 0.3) is 0 Å². The van der Waals surface area contributed by atoms with Crippen LogP contribution in [-0.4, -0.2) is 14.1 Å². The van der Waals surface area contributed by atoms with Crippen LogP contribution in [0.15, 0.2) is 164 Å². The molecule has 7 aromatic carbocycles. The van der Waals surface area contributed by atoms with E-state index < -0.39 is 11.8 Å². The van der Waals surface area contributed by atoms with Crippen molar-refractivity contribution >= 4 is 76.5 Å². The van der Waals surface area contributed by atoms with E-state index in [1.165, 1.54) is 54.5 Å². The molecule has 5 heteroatoms. The summed E-state index contributed by atoms with van der Waals surface area (Å²) in [6.07, 6.45) is 0.149. The fraction of sp³-hybridized carbons (Fsp3) is 0.145. The van der Waals surface area contributed by atoms with E-state index in [-0.39, 0.29) is 0 Å². The molecule has 0 spiro atoms. The summed E-state index contributed by atoms with van der Waals surface area (Å²) in [4.78, 5) is 7.20. The average Bonchev–Trinajstić information content (AvgIpc) is 3.83. The van der Waals surface area contributed by atoms with Crippen LogP contribution in [0.4, 0.5) is 11.4 Å². The summed E-state index contributed by atoms with van der Waals surface area (Å²) in [6.45, 7) is 10.8. The molecule has 0 atom stereocenters. The highest BCUT2D eigenvalue weighted by molar-refractivity contribution is 6.21. The Morgan fingerprint density at radius 2 is 1.25 bits per heavy atom. The van der Waals surface area contributed by atoms with Crippen LogP contribution in [0.5, 0.6) is 11.5 Å². The Kier molecular flexibility index (Phi) is 7.75. The summed E-state index contributed by atoms with van der Waals surface area (Å²) >= 11 is 0. The molecule has 11 rings (SSSR count). The zero-order chi connectivity index (χ0) is 42.5. The zero-order valence-electron chi connectivity index (χ0n) is 36.5. The Bertz CT molecular complexity index is 3540. The van der Waals surface area contributed by atoms with Crippen LogP contribution in [0, 0.1) is 19.3 Å². The van der Waals surface area contributed by atoms with E-state index in [9.17, 15) is 0 Å². The lowest BCUT2D eigenvalue weighted by molar-refractivity contribution is 0.411. The molecule has 0 N–H and O–H groups in total. The van der Waals surface area contributed by atoms with E-state index in [2.05, 4.69) is 155 Å². The smallest absolute Gasteiger partial charge is 0.137 e. The number of pyridine rings is 1. The average molecular weight is 781 g/mol. The number of rotatable bonds is 5. The molecule has 0 fully saturated rings. The molecule has 5 nitrogen and oxygen atoms in total. The molecule has 3 aromatic heterocycles. The predicted octanol–water partition coefficient (Wildman–Crippen LogP) is 14.8. The summed E-state index contributed by atoms with van der Waals surface area (Å²) in [5, 5.41) is 9.51. The second-order valence-electron chi connectivity index (χ2n) is 17.1. The van der Waals surface area contributed by atoms with Crippen molar-refractivity contribution in [2.75, 3.05) is 4.90 Å². The highest BCUT2D eigenvalue weighted by Gasteiger charge is 2.25. The summed E-state index contributed by atoms with van der Waals surface area (Å²) in [5.74, 6) is 2.09. The lowest BCUT2D eigenvalue weighted by atomic mass is 9.88. The number of para-hydroxylation sites is 3. The van der Waals surface area contributed by atoms with Crippen LogP contribution in [0.25, 0.3) is 71.0 Å². The Morgan fingerprint density at radius 1 is 0.583 bits per heavy atom.